The van der Waals surface area contributed by atoms with Crippen molar-refractivity contribution in [2.45, 2.75) is 22.9 Å². The SMILES string of the molecule is O=S(=O)(c1ccc(C(F)(F)F)cc1)n1nc(N2CC(F)(F)C(F)(F)C2)c2c(Cl)cccc21. The summed E-state index contributed by atoms with van der Waals surface area (Å²) in [5, 5.41) is 3.46. The zero-order valence-electron chi connectivity index (χ0n) is 15.5. The van der Waals surface area contributed by atoms with E-state index in [1.807, 2.05) is 0 Å². The predicted octanol–water partition coefficient (Wildman–Crippen LogP) is 5.04. The van der Waals surface area contributed by atoms with Crippen LogP contribution in [-0.4, -0.2) is 42.5 Å². The van der Waals surface area contributed by atoms with E-state index < -0.39 is 57.4 Å². The van der Waals surface area contributed by atoms with Crippen LogP contribution in [-0.2, 0) is 16.2 Å². The van der Waals surface area contributed by atoms with Gasteiger partial charge in [0.05, 0.1) is 39.5 Å². The second-order valence-corrected chi connectivity index (χ2v) is 9.27. The van der Waals surface area contributed by atoms with Crippen molar-refractivity contribution in [2.75, 3.05) is 18.0 Å². The number of anilines is 1. The Morgan fingerprint density at radius 2 is 1.50 bits per heavy atom. The van der Waals surface area contributed by atoms with Crippen molar-refractivity contribution in [1.29, 1.82) is 0 Å². The molecule has 1 aliphatic rings. The summed E-state index contributed by atoms with van der Waals surface area (Å²) >= 11 is 6.09. The first-order valence-corrected chi connectivity index (χ1v) is 10.6. The monoisotopic (exact) mass is 501 g/mol. The maximum atomic E-state index is 13.7. The number of halogens is 8. The van der Waals surface area contributed by atoms with Gasteiger partial charge in [0.25, 0.3) is 10.0 Å². The lowest BCUT2D eigenvalue weighted by Crippen LogP contribution is -2.38. The van der Waals surface area contributed by atoms with Crippen LogP contribution in [0.4, 0.5) is 36.6 Å². The first-order chi connectivity index (χ1) is 14.6. The first-order valence-electron chi connectivity index (χ1n) is 8.76. The minimum Gasteiger partial charge on any atom is -0.342 e. The summed E-state index contributed by atoms with van der Waals surface area (Å²) < 4.78 is 120. The molecule has 1 aliphatic heterocycles. The van der Waals surface area contributed by atoms with Crippen LogP contribution in [0.25, 0.3) is 10.9 Å². The molecule has 14 heteroatoms. The number of nitrogens with zero attached hydrogens (tertiary/aromatic N) is 3. The van der Waals surface area contributed by atoms with Crippen LogP contribution in [0.1, 0.15) is 5.56 Å². The number of aromatic nitrogens is 2. The lowest BCUT2D eigenvalue weighted by Gasteiger charge is -2.14. The van der Waals surface area contributed by atoms with Gasteiger partial charge in [-0.25, -0.2) is 0 Å². The van der Waals surface area contributed by atoms with Crippen LogP contribution in [0.5, 0.6) is 0 Å². The van der Waals surface area contributed by atoms with Crippen molar-refractivity contribution >= 4 is 38.3 Å². The summed E-state index contributed by atoms with van der Waals surface area (Å²) in [5.74, 6) is -9.30. The molecule has 32 heavy (non-hydrogen) atoms. The van der Waals surface area contributed by atoms with Gasteiger partial charge in [-0.15, -0.1) is 5.10 Å². The maximum absolute atomic E-state index is 13.7. The van der Waals surface area contributed by atoms with Gasteiger partial charge in [0.1, 0.15) is 0 Å². The molecule has 0 amide bonds. The highest BCUT2D eigenvalue weighted by atomic mass is 35.5. The Hall–Kier alpha value is -2.54. The van der Waals surface area contributed by atoms with Crippen LogP contribution in [0, 0.1) is 0 Å². The Balaban J connectivity index is 1.87. The van der Waals surface area contributed by atoms with Crippen molar-refractivity contribution in [3.05, 3.63) is 53.1 Å². The van der Waals surface area contributed by atoms with Gasteiger partial charge in [-0.1, -0.05) is 17.7 Å². The molecule has 0 spiro atoms. The maximum Gasteiger partial charge on any atom is 0.416 e. The summed E-state index contributed by atoms with van der Waals surface area (Å²) in [7, 11) is -4.63. The Morgan fingerprint density at radius 1 is 0.938 bits per heavy atom. The van der Waals surface area contributed by atoms with E-state index in [0.717, 1.165) is 0 Å². The molecule has 0 bridgehead atoms. The van der Waals surface area contributed by atoms with Gasteiger partial charge in [-0.05, 0) is 36.4 Å². The highest BCUT2D eigenvalue weighted by Gasteiger charge is 2.63. The predicted molar refractivity (Wildman–Crippen MR) is 101 cm³/mol. The standard InChI is InChI=1S/C18H11ClF7N3O2S/c19-12-2-1-3-13-14(12)15(28-8-16(20,21)17(22,23)9-28)27-29(13)32(30,31)11-6-4-10(5-7-11)18(24,25)26/h1-7H,8-9H2. The van der Waals surface area contributed by atoms with E-state index in [1.165, 1.54) is 18.2 Å². The second kappa shape index (κ2) is 6.98. The molecule has 1 aromatic heterocycles. The second-order valence-electron chi connectivity index (χ2n) is 7.09. The fourth-order valence-electron chi connectivity index (χ4n) is 3.32. The smallest absolute Gasteiger partial charge is 0.342 e. The normalized spacial score (nSPS) is 18.4. The van der Waals surface area contributed by atoms with Crippen molar-refractivity contribution in [1.82, 2.24) is 9.19 Å². The van der Waals surface area contributed by atoms with Crippen LogP contribution in [0.3, 0.4) is 0 Å². The van der Waals surface area contributed by atoms with Gasteiger partial charge in [0, 0.05) is 0 Å². The van der Waals surface area contributed by atoms with Crippen LogP contribution in [0.15, 0.2) is 47.4 Å². The molecule has 0 saturated carbocycles. The fourth-order valence-corrected chi connectivity index (χ4v) is 4.85. The highest BCUT2D eigenvalue weighted by molar-refractivity contribution is 7.90. The number of fused-ring (bicyclic) bond motifs is 1. The molecule has 1 fully saturated rings. The fraction of sp³-hybridized carbons (Fsp3) is 0.278. The van der Waals surface area contributed by atoms with Crippen LogP contribution < -0.4 is 4.90 Å². The van der Waals surface area contributed by atoms with Gasteiger partial charge in [-0.2, -0.15) is 43.2 Å². The molecule has 0 N–H and O–H groups in total. The zero-order valence-corrected chi connectivity index (χ0v) is 17.1. The van der Waals surface area contributed by atoms with Gasteiger partial charge in [-0.3, -0.25) is 0 Å². The molecule has 5 nitrogen and oxygen atoms in total. The number of hydrogen-bond acceptors (Lipinski definition) is 4. The average Bonchev–Trinajstić information content (AvgIpc) is 3.17. The van der Waals surface area contributed by atoms with Crippen molar-refractivity contribution in [3.63, 3.8) is 0 Å². The summed E-state index contributed by atoms with van der Waals surface area (Å²) in [4.78, 5) is -0.0639. The van der Waals surface area contributed by atoms with E-state index in [2.05, 4.69) is 5.10 Å². The molecule has 4 rings (SSSR count). The molecule has 0 radical (unpaired) electrons. The third kappa shape index (κ3) is 3.47. The minimum atomic E-state index is -4.70. The average molecular weight is 502 g/mol. The number of benzene rings is 2. The van der Waals surface area contributed by atoms with Crippen molar-refractivity contribution in [2.24, 2.45) is 0 Å². The topological polar surface area (TPSA) is 55.2 Å². The van der Waals surface area contributed by atoms with E-state index in [4.69, 9.17) is 11.6 Å². The molecule has 0 atom stereocenters. The van der Waals surface area contributed by atoms with Crippen LogP contribution >= 0.6 is 11.6 Å². The Bertz CT molecular complexity index is 1290. The molecule has 2 heterocycles. The van der Waals surface area contributed by atoms with Crippen LogP contribution in [0.2, 0.25) is 5.02 Å². The Kier molecular flexibility index (Phi) is 4.94. The number of hydrogen-bond donors (Lipinski definition) is 0. The van der Waals surface area contributed by atoms with Gasteiger partial charge in [0.2, 0.25) is 0 Å². The molecule has 3 aromatic rings. The Labute approximate surface area is 181 Å². The molecule has 1 saturated heterocycles. The van der Waals surface area contributed by atoms with Gasteiger partial charge < -0.3 is 4.90 Å². The third-order valence-corrected chi connectivity index (χ3v) is 6.84. The van der Waals surface area contributed by atoms with Gasteiger partial charge in [0.15, 0.2) is 5.82 Å². The van der Waals surface area contributed by atoms with Gasteiger partial charge >= 0.3 is 18.0 Å². The molecular weight excluding hydrogens is 491 g/mol. The highest BCUT2D eigenvalue weighted by Crippen LogP contribution is 2.45. The summed E-state index contributed by atoms with van der Waals surface area (Å²) in [6.45, 7) is -2.87. The molecule has 2 aromatic carbocycles. The molecular formula is C18H11ClF7N3O2S. The summed E-state index contributed by atoms with van der Waals surface area (Å²) in [6.07, 6.45) is -4.70. The van der Waals surface area contributed by atoms with Crippen molar-refractivity contribution < 1.29 is 39.2 Å². The lowest BCUT2D eigenvalue weighted by atomic mass is 10.2. The first kappa shape index (κ1) is 22.6. The Morgan fingerprint density at radius 3 is 2.03 bits per heavy atom. The molecule has 0 aliphatic carbocycles. The van der Waals surface area contributed by atoms with E-state index in [1.54, 1.807) is 0 Å². The third-order valence-electron chi connectivity index (χ3n) is 4.93. The van der Waals surface area contributed by atoms with Crippen molar-refractivity contribution in [3.8, 4) is 0 Å². The number of alkyl halides is 7. The summed E-state index contributed by atoms with van der Waals surface area (Å²) in [5.41, 5.74) is -1.31. The lowest BCUT2D eigenvalue weighted by molar-refractivity contribution is -0.172. The molecule has 172 valence electrons. The largest absolute Gasteiger partial charge is 0.416 e. The van der Waals surface area contributed by atoms with E-state index in [0.29, 0.717) is 33.3 Å². The number of rotatable bonds is 3. The van der Waals surface area contributed by atoms with E-state index >= 15 is 0 Å². The summed E-state index contributed by atoms with van der Waals surface area (Å²) in [6, 6.07) is 6.33. The van der Waals surface area contributed by atoms with E-state index in [-0.39, 0.29) is 15.9 Å². The molecule has 0 unspecified atom stereocenters. The quantitative estimate of drug-likeness (QED) is 0.472. The minimum absolute atomic E-state index is 0.134. The van der Waals surface area contributed by atoms with E-state index in [9.17, 15) is 39.2 Å². The zero-order chi connectivity index (χ0) is 23.7.